The van der Waals surface area contributed by atoms with Crippen LogP contribution in [0.4, 0.5) is 4.79 Å². The zero-order chi connectivity index (χ0) is 25.2. The monoisotopic (exact) mass is 496 g/mol. The molecule has 1 aliphatic heterocycles. The summed E-state index contributed by atoms with van der Waals surface area (Å²) in [6.07, 6.45) is 2.86. The number of aromatic nitrogens is 2. The first-order chi connectivity index (χ1) is 16.7. The van der Waals surface area contributed by atoms with Crippen LogP contribution in [0.5, 0.6) is 0 Å². The van der Waals surface area contributed by atoms with E-state index in [9.17, 15) is 19.2 Å². The van der Waals surface area contributed by atoms with Gasteiger partial charge in [0.2, 0.25) is 0 Å². The van der Waals surface area contributed by atoms with Gasteiger partial charge in [-0.25, -0.2) is 19.7 Å². The van der Waals surface area contributed by atoms with Gasteiger partial charge in [0.1, 0.15) is 11.6 Å². The fraction of sp³-hybridized carbons (Fsp3) is 0.417. The van der Waals surface area contributed by atoms with Crippen molar-refractivity contribution in [1.82, 2.24) is 31.0 Å². The number of amides is 5. The van der Waals surface area contributed by atoms with E-state index >= 15 is 0 Å². The van der Waals surface area contributed by atoms with Gasteiger partial charge in [-0.1, -0.05) is 36.7 Å². The minimum Gasteiger partial charge on any atom is -0.323 e. The van der Waals surface area contributed by atoms with Crippen LogP contribution >= 0.6 is 11.8 Å². The van der Waals surface area contributed by atoms with E-state index in [-0.39, 0.29) is 5.91 Å². The summed E-state index contributed by atoms with van der Waals surface area (Å²) in [5.41, 5.74) is 6.95. The molecule has 2 aliphatic rings. The Morgan fingerprint density at radius 2 is 1.71 bits per heavy atom. The second kappa shape index (κ2) is 10.0. The number of thioether (sulfide) groups is 1. The fourth-order valence-corrected chi connectivity index (χ4v) is 5.29. The van der Waals surface area contributed by atoms with Gasteiger partial charge in [0.15, 0.2) is 5.16 Å². The van der Waals surface area contributed by atoms with Crippen molar-refractivity contribution in [1.29, 1.82) is 0 Å². The lowest BCUT2D eigenvalue weighted by atomic mass is 9.97. The second-order valence-electron chi connectivity index (χ2n) is 8.93. The van der Waals surface area contributed by atoms with Crippen LogP contribution in [0, 0.1) is 13.8 Å². The van der Waals surface area contributed by atoms with Crippen molar-refractivity contribution >= 4 is 35.5 Å². The first-order valence-corrected chi connectivity index (χ1v) is 12.5. The number of hydrogen-bond acceptors (Lipinski definition) is 7. The molecule has 1 atom stereocenters. The summed E-state index contributed by atoms with van der Waals surface area (Å²) in [7, 11) is 0. The molecular formula is C24H28N6O4S. The fourth-order valence-electron chi connectivity index (χ4n) is 4.38. The van der Waals surface area contributed by atoms with Gasteiger partial charge in [-0.05, 0) is 57.4 Å². The first kappa shape index (κ1) is 24.6. The molecule has 2 heterocycles. The van der Waals surface area contributed by atoms with Crippen LogP contribution < -0.4 is 16.2 Å². The smallest absolute Gasteiger partial charge is 0.323 e. The van der Waals surface area contributed by atoms with Gasteiger partial charge in [-0.15, -0.1) is 0 Å². The maximum absolute atomic E-state index is 12.8. The van der Waals surface area contributed by atoms with E-state index in [4.69, 9.17) is 0 Å². The summed E-state index contributed by atoms with van der Waals surface area (Å²) in [6.45, 7) is 5.31. The number of rotatable bonds is 6. The number of hydrazine groups is 1. The molecule has 0 radical (unpaired) electrons. The number of benzene rings is 1. The molecule has 4 rings (SSSR count). The molecule has 2 aromatic rings. The Labute approximate surface area is 207 Å². The maximum Gasteiger partial charge on any atom is 0.325 e. The van der Waals surface area contributed by atoms with Gasteiger partial charge in [0.05, 0.1) is 0 Å². The molecule has 35 heavy (non-hydrogen) atoms. The van der Waals surface area contributed by atoms with Crippen molar-refractivity contribution in [3.63, 3.8) is 0 Å². The molecule has 11 heteroatoms. The Morgan fingerprint density at radius 3 is 2.34 bits per heavy atom. The lowest BCUT2D eigenvalue weighted by molar-refractivity contribution is -0.138. The summed E-state index contributed by atoms with van der Waals surface area (Å²) in [6, 6.07) is 7.24. The summed E-state index contributed by atoms with van der Waals surface area (Å²) in [4.78, 5) is 60.0. The molecule has 1 saturated heterocycles. The van der Waals surface area contributed by atoms with E-state index < -0.39 is 29.4 Å². The van der Waals surface area contributed by atoms with Crippen LogP contribution in [0.1, 0.15) is 59.9 Å². The molecule has 1 aromatic carbocycles. The molecule has 1 unspecified atom stereocenters. The van der Waals surface area contributed by atoms with Crippen molar-refractivity contribution < 1.29 is 19.2 Å². The zero-order valence-electron chi connectivity index (χ0n) is 19.9. The Kier molecular flexibility index (Phi) is 7.06. The number of aryl methyl sites for hydroxylation is 2. The van der Waals surface area contributed by atoms with Crippen LogP contribution in [0.25, 0.3) is 0 Å². The van der Waals surface area contributed by atoms with Gasteiger partial charge in [-0.3, -0.25) is 25.2 Å². The lowest BCUT2D eigenvalue weighted by Crippen LogP contribution is -2.53. The summed E-state index contributed by atoms with van der Waals surface area (Å²) in [5, 5.41) is 3.45. The topological polar surface area (TPSA) is 133 Å². The first-order valence-electron chi connectivity index (χ1n) is 11.5. The largest absolute Gasteiger partial charge is 0.325 e. The van der Waals surface area contributed by atoms with E-state index in [0.717, 1.165) is 34.7 Å². The number of imide groups is 1. The van der Waals surface area contributed by atoms with Gasteiger partial charge < -0.3 is 5.32 Å². The van der Waals surface area contributed by atoms with Crippen molar-refractivity contribution in [3.05, 3.63) is 52.8 Å². The standard InChI is InChI=1S/C24H28N6O4S/c1-14-12-15(2)26-22(25-14)35-13-17-6-8-18(9-7-17)20(32)29-28-19(31)16(3)30-21(33)24(27-23(30)34)10-4-5-11-24/h6-9,12,16H,4-5,10-11,13H2,1-3H3,(H,27,34)(H,28,31)(H,29,32). The van der Waals surface area contributed by atoms with E-state index in [1.54, 1.807) is 12.1 Å². The third kappa shape index (κ3) is 5.29. The molecule has 0 bridgehead atoms. The Hall–Kier alpha value is -3.47. The minimum atomic E-state index is -1.06. The molecule has 10 nitrogen and oxygen atoms in total. The predicted octanol–water partition coefficient (Wildman–Crippen LogP) is 2.40. The van der Waals surface area contributed by atoms with Crippen molar-refractivity contribution in [2.24, 2.45) is 0 Å². The Morgan fingerprint density at radius 1 is 1.09 bits per heavy atom. The van der Waals surface area contributed by atoms with Crippen molar-refractivity contribution in [2.75, 3.05) is 0 Å². The highest BCUT2D eigenvalue weighted by molar-refractivity contribution is 7.98. The summed E-state index contributed by atoms with van der Waals surface area (Å²) in [5.74, 6) is -0.897. The van der Waals surface area contributed by atoms with Crippen LogP contribution in [0.2, 0.25) is 0 Å². The van der Waals surface area contributed by atoms with Gasteiger partial charge >= 0.3 is 6.03 Å². The van der Waals surface area contributed by atoms with Crippen LogP contribution in [0.15, 0.2) is 35.5 Å². The van der Waals surface area contributed by atoms with Crippen molar-refractivity contribution in [2.45, 2.75) is 68.9 Å². The number of carbonyl (C=O) groups excluding carboxylic acids is 4. The minimum absolute atomic E-state index is 0.356. The van der Waals surface area contributed by atoms with Gasteiger partial charge in [0, 0.05) is 22.7 Å². The third-order valence-corrected chi connectivity index (χ3v) is 7.18. The van der Waals surface area contributed by atoms with E-state index in [2.05, 4.69) is 26.1 Å². The highest BCUT2D eigenvalue weighted by Crippen LogP contribution is 2.35. The van der Waals surface area contributed by atoms with Gasteiger partial charge in [0.25, 0.3) is 17.7 Å². The third-order valence-electron chi connectivity index (χ3n) is 6.26. The van der Waals surface area contributed by atoms with Gasteiger partial charge in [-0.2, -0.15) is 0 Å². The number of hydrogen-bond donors (Lipinski definition) is 3. The van der Waals surface area contributed by atoms with Crippen LogP contribution in [-0.4, -0.2) is 50.2 Å². The van der Waals surface area contributed by atoms with E-state index in [0.29, 0.717) is 29.3 Å². The molecule has 1 aromatic heterocycles. The average Bonchev–Trinajstić information content (AvgIpc) is 3.39. The summed E-state index contributed by atoms with van der Waals surface area (Å²) >= 11 is 1.51. The summed E-state index contributed by atoms with van der Waals surface area (Å²) < 4.78 is 0. The second-order valence-corrected chi connectivity index (χ2v) is 9.88. The van der Waals surface area contributed by atoms with E-state index in [1.807, 2.05) is 32.0 Å². The average molecular weight is 497 g/mol. The molecule has 3 N–H and O–H groups in total. The number of urea groups is 1. The molecular weight excluding hydrogens is 468 g/mol. The molecule has 1 aliphatic carbocycles. The molecule has 2 fully saturated rings. The Bertz CT molecular complexity index is 1140. The van der Waals surface area contributed by atoms with E-state index in [1.165, 1.54) is 18.7 Å². The number of carbonyl (C=O) groups is 4. The number of nitrogens with zero attached hydrogens (tertiary/aromatic N) is 3. The molecule has 5 amide bonds. The predicted molar refractivity (Wildman–Crippen MR) is 129 cm³/mol. The van der Waals surface area contributed by atoms with Crippen molar-refractivity contribution in [3.8, 4) is 0 Å². The number of nitrogens with one attached hydrogen (secondary N) is 3. The molecule has 1 saturated carbocycles. The SMILES string of the molecule is Cc1cc(C)nc(SCc2ccc(C(=O)NNC(=O)C(C)N3C(=O)NC4(CCCC4)C3=O)cc2)n1. The molecule has 1 spiro atoms. The normalized spacial score (nSPS) is 17.4. The highest BCUT2D eigenvalue weighted by Gasteiger charge is 2.54. The zero-order valence-corrected chi connectivity index (χ0v) is 20.7. The Balaban J connectivity index is 1.29. The highest BCUT2D eigenvalue weighted by atomic mass is 32.2. The van der Waals surface area contributed by atoms with Crippen LogP contribution in [-0.2, 0) is 15.3 Å². The quantitative estimate of drug-likeness (QED) is 0.242. The maximum atomic E-state index is 12.8. The lowest BCUT2D eigenvalue weighted by Gasteiger charge is -2.23. The van der Waals surface area contributed by atoms with Crippen LogP contribution in [0.3, 0.4) is 0 Å². The molecule has 184 valence electrons.